The summed E-state index contributed by atoms with van der Waals surface area (Å²) in [4.78, 5) is 55.1. The van der Waals surface area contributed by atoms with Crippen LogP contribution in [0.5, 0.6) is 0 Å². The predicted molar refractivity (Wildman–Crippen MR) is 287 cm³/mol. The quantitative estimate of drug-likeness (QED) is 0.0632. The van der Waals surface area contributed by atoms with Crippen LogP contribution in [0.25, 0.3) is 5.65 Å². The molecule has 380 valence electrons. The van der Waals surface area contributed by atoms with Crippen molar-refractivity contribution in [3.05, 3.63) is 140 Å². The van der Waals surface area contributed by atoms with Gasteiger partial charge < -0.3 is 20.4 Å². The first kappa shape index (κ1) is 47.8. The van der Waals surface area contributed by atoms with Gasteiger partial charge in [0.2, 0.25) is 17.7 Å². The fourth-order valence-electron chi connectivity index (χ4n) is 11.3. The molecule has 0 saturated heterocycles. The topological polar surface area (TPSA) is 215 Å². The lowest BCUT2D eigenvalue weighted by Gasteiger charge is -2.15. The van der Waals surface area contributed by atoms with Crippen molar-refractivity contribution in [1.82, 2.24) is 40.0 Å². The third-order valence-electron chi connectivity index (χ3n) is 16.3. The van der Waals surface area contributed by atoms with Crippen molar-refractivity contribution >= 4 is 63.8 Å². The third kappa shape index (κ3) is 9.48. The first-order valence-corrected chi connectivity index (χ1v) is 26.7. The number of hydrogen-bond acceptors (Lipinski definition) is 9. The molecule has 9 atom stereocenters. The van der Waals surface area contributed by atoms with Crippen LogP contribution >= 0.6 is 11.6 Å². The number of carbonyl (C=O) groups is 3. The second kappa shape index (κ2) is 18.9. The van der Waals surface area contributed by atoms with E-state index in [0.29, 0.717) is 35.0 Å². The normalized spacial score (nSPS) is 28.2. The fourth-order valence-corrected chi connectivity index (χ4v) is 11.5. The summed E-state index contributed by atoms with van der Waals surface area (Å²) in [5.41, 5.74) is 13.7. The van der Waals surface area contributed by atoms with Crippen LogP contribution in [-0.2, 0) is 14.4 Å². The van der Waals surface area contributed by atoms with E-state index in [0.717, 1.165) is 113 Å². The predicted octanol–water partition coefficient (Wildman–Crippen LogP) is 11.1. The van der Waals surface area contributed by atoms with Crippen LogP contribution in [-0.4, -0.2) is 69.1 Å². The highest BCUT2D eigenvalue weighted by atomic mass is 35.5. The molecule has 3 amide bonds. The lowest BCUT2D eigenvalue weighted by Crippen LogP contribution is -2.21. The van der Waals surface area contributed by atoms with Crippen LogP contribution in [0.2, 0.25) is 0 Å². The molecule has 7 unspecified atom stereocenters. The van der Waals surface area contributed by atoms with Gasteiger partial charge in [0.15, 0.2) is 0 Å². The van der Waals surface area contributed by atoms with E-state index in [1.807, 2.05) is 62.6 Å². The molecule has 0 radical (unpaired) electrons. The zero-order chi connectivity index (χ0) is 51.1. The highest BCUT2D eigenvalue weighted by Gasteiger charge is 2.44. The first-order chi connectivity index (χ1) is 35.7. The van der Waals surface area contributed by atoms with Gasteiger partial charge in [0.25, 0.3) is 0 Å². The minimum Gasteiger partial charge on any atom is -0.311 e. The van der Waals surface area contributed by atoms with Gasteiger partial charge in [-0.2, -0.15) is 15.3 Å². The van der Waals surface area contributed by atoms with Gasteiger partial charge in [-0.1, -0.05) is 35.9 Å². The number of nitrogens with zero attached hydrogens (tertiary/aromatic N) is 7. The van der Waals surface area contributed by atoms with Crippen molar-refractivity contribution in [2.75, 3.05) is 16.0 Å². The van der Waals surface area contributed by atoms with Crippen LogP contribution in [0.1, 0.15) is 149 Å². The number of nitrogens with one attached hydrogen (secondary N) is 6. The summed E-state index contributed by atoms with van der Waals surface area (Å²) >= 11 is 6.40. The number of allylic oxidation sites excluding steroid dienone is 10. The number of aromatic amines is 3. The Labute approximate surface area is 434 Å². The first-order valence-electron chi connectivity index (χ1n) is 26.3. The van der Waals surface area contributed by atoms with Gasteiger partial charge in [-0.15, -0.1) is 0 Å². The van der Waals surface area contributed by atoms with Crippen LogP contribution in [0, 0.1) is 36.5 Å². The molecular formula is C57H62ClN13O3. The molecule has 7 heterocycles. The van der Waals surface area contributed by atoms with Crippen molar-refractivity contribution in [2.24, 2.45) is 39.6 Å². The summed E-state index contributed by atoms with van der Waals surface area (Å²) in [5.74, 6) is 1.92. The number of carbonyl (C=O) groups excluding carboxylic acids is 3. The molecule has 17 heteroatoms. The lowest BCUT2D eigenvalue weighted by atomic mass is 9.89. The maximum Gasteiger partial charge on any atom is 0.234 e. The van der Waals surface area contributed by atoms with Gasteiger partial charge in [0.1, 0.15) is 23.1 Å². The number of rotatable bonds is 14. The number of amides is 3. The highest BCUT2D eigenvalue weighted by molar-refractivity contribution is 6.32. The Bertz CT molecular complexity index is 3400. The Morgan fingerprint density at radius 3 is 1.77 bits per heavy atom. The molecule has 12 rings (SSSR count). The number of H-pyrrole nitrogens is 3. The highest BCUT2D eigenvalue weighted by Crippen LogP contribution is 2.56. The average Bonchev–Trinajstić information content (AvgIpc) is 4.26. The van der Waals surface area contributed by atoms with Gasteiger partial charge in [0, 0.05) is 88.0 Å². The SMILES string of the molecule is CC1=C/C2=NC(C(C)C(=O)Nc3cc(C4CC4c4cn5cc([C@H](C)C(=O)Nc6cc(C7CC7)n[nH]6)nc5cc4C)n[nH]3)=CC2CC/C=C\1C1CC1c1cc(NC(=O)[C@H](C)C2=CC3CC/C=C(Cl)\C(C)=C/C3=N2)[nH]n1. The van der Waals surface area contributed by atoms with Gasteiger partial charge in [0.05, 0.1) is 40.5 Å². The van der Waals surface area contributed by atoms with Crippen molar-refractivity contribution in [3.8, 4) is 0 Å². The smallest absolute Gasteiger partial charge is 0.234 e. The Balaban J connectivity index is 0.634. The van der Waals surface area contributed by atoms with Crippen molar-refractivity contribution in [2.45, 2.75) is 122 Å². The van der Waals surface area contributed by atoms with Crippen LogP contribution in [0.15, 0.2) is 116 Å². The van der Waals surface area contributed by atoms with E-state index in [4.69, 9.17) is 26.6 Å². The zero-order valence-electron chi connectivity index (χ0n) is 42.6. The number of anilines is 3. The van der Waals surface area contributed by atoms with Gasteiger partial charge in [-0.05, 0) is 151 Å². The van der Waals surface area contributed by atoms with Crippen LogP contribution in [0.3, 0.4) is 0 Å². The number of aryl methyl sites for hydroxylation is 1. The molecule has 7 aliphatic rings. The molecule has 16 nitrogen and oxygen atoms in total. The Hall–Kier alpha value is -7.20. The largest absolute Gasteiger partial charge is 0.311 e. The zero-order valence-corrected chi connectivity index (χ0v) is 43.3. The number of hydrogen-bond donors (Lipinski definition) is 6. The van der Waals surface area contributed by atoms with E-state index in [-0.39, 0.29) is 47.3 Å². The molecule has 74 heavy (non-hydrogen) atoms. The molecule has 3 fully saturated rings. The van der Waals surface area contributed by atoms with Gasteiger partial charge in [-0.25, -0.2) is 4.98 Å². The van der Waals surface area contributed by atoms with E-state index in [1.54, 1.807) is 0 Å². The van der Waals surface area contributed by atoms with Gasteiger partial charge >= 0.3 is 0 Å². The van der Waals surface area contributed by atoms with E-state index < -0.39 is 17.8 Å². The molecule has 5 aromatic heterocycles. The molecule has 0 spiro atoms. The van der Waals surface area contributed by atoms with E-state index in [2.05, 4.69) is 103 Å². The number of fused-ring (bicyclic) bond motifs is 3. The molecule has 6 N–H and O–H groups in total. The minimum absolute atomic E-state index is 0.128. The number of pyridine rings is 1. The van der Waals surface area contributed by atoms with Crippen molar-refractivity contribution < 1.29 is 14.4 Å². The van der Waals surface area contributed by atoms with E-state index >= 15 is 0 Å². The summed E-state index contributed by atoms with van der Waals surface area (Å²) < 4.78 is 2.02. The third-order valence-corrected chi connectivity index (χ3v) is 16.7. The summed E-state index contributed by atoms with van der Waals surface area (Å²) in [6.07, 6.45) is 24.8. The van der Waals surface area contributed by atoms with Crippen LogP contribution in [0.4, 0.5) is 17.5 Å². The molecule has 0 bridgehead atoms. The van der Waals surface area contributed by atoms with E-state index in [1.165, 1.54) is 16.7 Å². The maximum atomic E-state index is 13.7. The lowest BCUT2D eigenvalue weighted by molar-refractivity contribution is -0.119. The number of aliphatic imine (C=N–C) groups is 2. The monoisotopic (exact) mass is 1010 g/mol. The number of imidazole rings is 1. The molecule has 5 aromatic rings. The molecule has 0 aromatic carbocycles. The summed E-state index contributed by atoms with van der Waals surface area (Å²) in [5, 5.41) is 32.6. The van der Waals surface area contributed by atoms with E-state index in [9.17, 15) is 14.4 Å². The van der Waals surface area contributed by atoms with Crippen molar-refractivity contribution in [1.29, 1.82) is 0 Å². The Kier molecular flexibility index (Phi) is 12.2. The average molecular weight is 1010 g/mol. The Morgan fingerprint density at radius 1 is 0.635 bits per heavy atom. The minimum atomic E-state index is -0.462. The van der Waals surface area contributed by atoms with Gasteiger partial charge in [-0.3, -0.25) is 39.7 Å². The second-order valence-corrected chi connectivity index (χ2v) is 22.2. The van der Waals surface area contributed by atoms with Crippen LogP contribution < -0.4 is 16.0 Å². The second-order valence-electron chi connectivity index (χ2n) is 21.8. The van der Waals surface area contributed by atoms with Crippen molar-refractivity contribution in [3.63, 3.8) is 0 Å². The Morgan fingerprint density at radius 2 is 1.16 bits per heavy atom. The fraction of sp³-hybridized carbons (Fsp3) is 0.421. The maximum absolute atomic E-state index is 13.7. The molecule has 2 aliphatic heterocycles. The molecule has 3 saturated carbocycles. The molecular weight excluding hydrogens is 950 g/mol. The number of halogens is 1. The summed E-state index contributed by atoms with van der Waals surface area (Å²) in [7, 11) is 0. The summed E-state index contributed by atoms with van der Waals surface area (Å²) in [6.45, 7) is 11.9. The standard InChI is InChI=1S/C57H62ClN13O3/c1-27-15-45-34(9-7-11-36(27)37-20-39(37)48-23-52(69-66-48)63-56(73)31(5)44-19-35-10-8-12-42(58)29(3)16-46(35)60-44)18-43(59-45)30(4)55(72)64-53-24-49(67-70-53)40-21-38(40)41-25-71-26-50(61-54(71)17-28(41)2)32(6)57(74)62-51-22-47(65-68-51)33-13-14-33/h11-12,15-19,22-26,30-35,37-40H,7-10,13-14,20-21H2,1-6H3,(H2,62,65,68,74)(H2,63,66,69,73)(H2,64,67,70,72)/b27-15-,29-16-,36-11+,42-12+/t30?,31-,32+,34?,35?,37?,38?,39?,40?/m1/s1. The molecule has 5 aliphatic carbocycles. The number of aromatic nitrogens is 8. The summed E-state index contributed by atoms with van der Waals surface area (Å²) in [6, 6.07) is 7.92.